The van der Waals surface area contributed by atoms with Crippen molar-refractivity contribution in [3.8, 4) is 11.3 Å². The molecule has 0 aromatic carbocycles. The molecule has 2 N–H and O–H groups in total. The van der Waals surface area contributed by atoms with E-state index < -0.39 is 0 Å². The Balaban J connectivity index is 1.92. The molecule has 5 heteroatoms. The van der Waals surface area contributed by atoms with Crippen molar-refractivity contribution < 1.29 is 0 Å². The fraction of sp³-hybridized carbons (Fsp3) is 0.200. The molecule has 0 amide bonds. The molecule has 1 unspecified atom stereocenters. The maximum absolute atomic E-state index is 5.97. The van der Waals surface area contributed by atoms with Gasteiger partial charge in [0, 0.05) is 29.1 Å². The number of pyridine rings is 1. The third kappa shape index (κ3) is 2.44. The largest absolute Gasteiger partial charge is 0.383 e. The van der Waals surface area contributed by atoms with Gasteiger partial charge >= 0.3 is 0 Å². The summed E-state index contributed by atoms with van der Waals surface area (Å²) in [6.07, 6.45) is 6.40. The molecule has 3 heterocycles. The van der Waals surface area contributed by atoms with E-state index in [0.717, 1.165) is 17.7 Å². The number of nitrogen functional groups attached to an aromatic ring is 1. The Morgan fingerprint density at radius 2 is 2.25 bits per heavy atom. The maximum Gasteiger partial charge on any atom is 0.132 e. The highest BCUT2D eigenvalue weighted by Gasteiger charge is 2.14. The fourth-order valence-corrected chi connectivity index (χ4v) is 3.14. The molecule has 3 aromatic rings. The summed E-state index contributed by atoms with van der Waals surface area (Å²) in [6.45, 7) is 2.19. The third-order valence-electron chi connectivity index (χ3n) is 3.33. The SMILES string of the molecule is CC(Cc1cccs1)n1cncc1-c1cccnc1N. The monoisotopic (exact) mass is 284 g/mol. The molecule has 1 atom stereocenters. The molecule has 0 spiro atoms. The first kappa shape index (κ1) is 12.9. The lowest BCUT2D eigenvalue weighted by Crippen LogP contribution is -2.08. The number of hydrogen-bond acceptors (Lipinski definition) is 4. The summed E-state index contributed by atoms with van der Waals surface area (Å²) in [5.74, 6) is 0.539. The number of aromatic nitrogens is 3. The van der Waals surface area contributed by atoms with Gasteiger partial charge in [-0.15, -0.1) is 11.3 Å². The summed E-state index contributed by atoms with van der Waals surface area (Å²) in [5.41, 5.74) is 7.91. The Hall–Kier alpha value is -2.14. The molecular weight excluding hydrogens is 268 g/mol. The molecule has 4 nitrogen and oxygen atoms in total. The molecule has 0 aliphatic carbocycles. The van der Waals surface area contributed by atoms with Crippen molar-refractivity contribution in [2.45, 2.75) is 19.4 Å². The van der Waals surface area contributed by atoms with Crippen molar-refractivity contribution in [3.05, 3.63) is 53.2 Å². The highest BCUT2D eigenvalue weighted by molar-refractivity contribution is 7.09. The smallest absolute Gasteiger partial charge is 0.132 e. The minimum absolute atomic E-state index is 0.325. The molecule has 0 radical (unpaired) electrons. The van der Waals surface area contributed by atoms with Gasteiger partial charge in [0.15, 0.2) is 0 Å². The summed E-state index contributed by atoms with van der Waals surface area (Å²) >= 11 is 1.78. The summed E-state index contributed by atoms with van der Waals surface area (Å²) in [4.78, 5) is 9.79. The summed E-state index contributed by atoms with van der Waals surface area (Å²) in [6, 6.07) is 8.45. The minimum atomic E-state index is 0.325. The van der Waals surface area contributed by atoms with E-state index >= 15 is 0 Å². The number of thiophene rings is 1. The Bertz CT molecular complexity index is 687. The van der Waals surface area contributed by atoms with Gasteiger partial charge in [-0.2, -0.15) is 0 Å². The first-order valence-corrected chi connectivity index (χ1v) is 7.38. The molecule has 0 bridgehead atoms. The van der Waals surface area contributed by atoms with Gasteiger partial charge < -0.3 is 10.3 Å². The number of hydrogen-bond donors (Lipinski definition) is 1. The van der Waals surface area contributed by atoms with Crippen LogP contribution in [0.4, 0.5) is 5.82 Å². The van der Waals surface area contributed by atoms with Gasteiger partial charge in [0.1, 0.15) is 5.82 Å². The van der Waals surface area contributed by atoms with Crippen LogP contribution in [0.1, 0.15) is 17.8 Å². The maximum atomic E-state index is 5.97. The van der Waals surface area contributed by atoms with Crippen molar-refractivity contribution in [3.63, 3.8) is 0 Å². The Morgan fingerprint density at radius 1 is 1.35 bits per heavy atom. The van der Waals surface area contributed by atoms with Crippen molar-refractivity contribution in [1.29, 1.82) is 0 Å². The Morgan fingerprint density at radius 3 is 3.00 bits per heavy atom. The summed E-state index contributed by atoms with van der Waals surface area (Å²) < 4.78 is 2.16. The molecule has 3 aromatic heterocycles. The van der Waals surface area contributed by atoms with Crippen LogP contribution >= 0.6 is 11.3 Å². The number of nitrogens with two attached hydrogens (primary N) is 1. The topological polar surface area (TPSA) is 56.7 Å². The third-order valence-corrected chi connectivity index (χ3v) is 4.23. The van der Waals surface area contributed by atoms with Crippen molar-refractivity contribution in [2.75, 3.05) is 5.73 Å². The molecule has 3 rings (SSSR count). The van der Waals surface area contributed by atoms with E-state index in [2.05, 4.69) is 39.0 Å². The molecule has 20 heavy (non-hydrogen) atoms. The van der Waals surface area contributed by atoms with Gasteiger partial charge in [-0.1, -0.05) is 6.07 Å². The van der Waals surface area contributed by atoms with Crippen molar-refractivity contribution in [1.82, 2.24) is 14.5 Å². The van der Waals surface area contributed by atoms with E-state index in [1.165, 1.54) is 4.88 Å². The van der Waals surface area contributed by atoms with E-state index in [-0.39, 0.29) is 0 Å². The van der Waals surface area contributed by atoms with Crippen LogP contribution in [0, 0.1) is 0 Å². The van der Waals surface area contributed by atoms with E-state index in [1.807, 2.05) is 24.7 Å². The second-order valence-corrected chi connectivity index (χ2v) is 5.79. The van der Waals surface area contributed by atoms with Crippen molar-refractivity contribution >= 4 is 17.2 Å². The number of imidazole rings is 1. The first-order valence-electron chi connectivity index (χ1n) is 6.51. The van der Waals surface area contributed by atoms with E-state index in [4.69, 9.17) is 5.73 Å². The second kappa shape index (κ2) is 5.46. The van der Waals surface area contributed by atoms with Gasteiger partial charge in [-0.25, -0.2) is 9.97 Å². The Kier molecular flexibility index (Phi) is 3.52. The quantitative estimate of drug-likeness (QED) is 0.799. The van der Waals surface area contributed by atoms with Gasteiger partial charge in [0.25, 0.3) is 0 Å². The van der Waals surface area contributed by atoms with Crippen LogP contribution < -0.4 is 5.73 Å². The molecular formula is C15H16N4S. The molecule has 102 valence electrons. The van der Waals surface area contributed by atoms with Crippen LogP contribution in [-0.2, 0) is 6.42 Å². The van der Waals surface area contributed by atoms with E-state index in [9.17, 15) is 0 Å². The van der Waals surface area contributed by atoms with Crippen LogP contribution in [0.25, 0.3) is 11.3 Å². The van der Waals surface area contributed by atoms with Crippen LogP contribution in [0.15, 0.2) is 48.4 Å². The zero-order valence-corrected chi connectivity index (χ0v) is 12.0. The van der Waals surface area contributed by atoms with E-state index in [0.29, 0.717) is 11.9 Å². The minimum Gasteiger partial charge on any atom is -0.383 e. The lowest BCUT2D eigenvalue weighted by atomic mass is 10.1. The summed E-state index contributed by atoms with van der Waals surface area (Å²) in [5, 5.41) is 2.11. The van der Waals surface area contributed by atoms with E-state index in [1.54, 1.807) is 17.5 Å². The highest BCUT2D eigenvalue weighted by atomic mass is 32.1. The van der Waals surface area contributed by atoms with Crippen LogP contribution in [0.5, 0.6) is 0 Å². The van der Waals surface area contributed by atoms with Crippen molar-refractivity contribution in [2.24, 2.45) is 0 Å². The molecule has 0 fully saturated rings. The molecule has 0 aliphatic heterocycles. The van der Waals surface area contributed by atoms with Crippen LogP contribution in [-0.4, -0.2) is 14.5 Å². The standard InChI is InChI=1S/C15H16N4S/c1-11(8-12-4-3-7-20-12)19-10-17-9-14(19)13-5-2-6-18-15(13)16/h2-7,9-11H,8H2,1H3,(H2,16,18). The highest BCUT2D eigenvalue weighted by Crippen LogP contribution is 2.28. The molecule has 0 saturated heterocycles. The van der Waals surface area contributed by atoms with Gasteiger partial charge in [-0.3, -0.25) is 0 Å². The molecule has 0 aliphatic rings. The predicted octanol–water partition coefficient (Wildman–Crippen LogP) is 3.39. The molecule has 0 saturated carbocycles. The number of anilines is 1. The van der Waals surface area contributed by atoms with Crippen LogP contribution in [0.2, 0.25) is 0 Å². The van der Waals surface area contributed by atoms with Crippen LogP contribution in [0.3, 0.4) is 0 Å². The zero-order valence-electron chi connectivity index (χ0n) is 11.2. The predicted molar refractivity (Wildman–Crippen MR) is 82.6 cm³/mol. The number of rotatable bonds is 4. The average molecular weight is 284 g/mol. The Labute approximate surface area is 121 Å². The number of nitrogens with zero attached hydrogens (tertiary/aromatic N) is 3. The second-order valence-electron chi connectivity index (χ2n) is 4.75. The van der Waals surface area contributed by atoms with Gasteiger partial charge in [0.2, 0.25) is 0 Å². The van der Waals surface area contributed by atoms with Gasteiger partial charge in [-0.05, 0) is 30.5 Å². The lowest BCUT2D eigenvalue weighted by molar-refractivity contribution is 0.553. The first-order chi connectivity index (χ1) is 9.75. The van der Waals surface area contributed by atoms with Gasteiger partial charge in [0.05, 0.1) is 18.2 Å². The zero-order chi connectivity index (χ0) is 13.9. The average Bonchev–Trinajstić information content (AvgIpc) is 3.09. The summed E-state index contributed by atoms with van der Waals surface area (Å²) in [7, 11) is 0. The fourth-order valence-electron chi connectivity index (χ4n) is 2.32. The lowest BCUT2D eigenvalue weighted by Gasteiger charge is -2.16. The normalized spacial score (nSPS) is 12.4.